The van der Waals surface area contributed by atoms with E-state index in [2.05, 4.69) is 45.7 Å². The second-order valence-corrected chi connectivity index (χ2v) is 8.34. The van der Waals surface area contributed by atoms with Gasteiger partial charge in [0.25, 0.3) is 0 Å². The van der Waals surface area contributed by atoms with E-state index in [0.29, 0.717) is 19.0 Å². The maximum absolute atomic E-state index is 12.9. The number of imidazole rings is 1. The van der Waals surface area contributed by atoms with Gasteiger partial charge in [0.15, 0.2) is 0 Å². The smallest absolute Gasteiger partial charge is 0.321 e. The molecular formula is C25H31N5O2. The quantitative estimate of drug-likeness (QED) is 0.625. The first kappa shape index (κ1) is 21.7. The Bertz CT molecular complexity index is 1050. The zero-order valence-corrected chi connectivity index (χ0v) is 19.0. The van der Waals surface area contributed by atoms with Crippen LogP contribution in [0.4, 0.5) is 16.2 Å². The third kappa shape index (κ3) is 4.88. The van der Waals surface area contributed by atoms with Crippen molar-refractivity contribution in [3.8, 4) is 5.75 Å². The van der Waals surface area contributed by atoms with Gasteiger partial charge in [0.2, 0.25) is 0 Å². The molecule has 0 saturated carbocycles. The molecule has 1 fully saturated rings. The summed E-state index contributed by atoms with van der Waals surface area (Å²) >= 11 is 0. The van der Waals surface area contributed by atoms with Crippen molar-refractivity contribution in [2.24, 2.45) is 0 Å². The number of anilines is 2. The summed E-state index contributed by atoms with van der Waals surface area (Å²) in [5.41, 5.74) is 3.01. The Kier molecular flexibility index (Phi) is 6.63. The molecule has 1 aliphatic rings. The van der Waals surface area contributed by atoms with Gasteiger partial charge in [0.1, 0.15) is 11.6 Å². The number of urea groups is 1. The third-order valence-electron chi connectivity index (χ3n) is 5.79. The number of carbonyl (C=O) groups excluding carboxylic acids is 1. The molecule has 4 rings (SSSR count). The lowest BCUT2D eigenvalue weighted by Gasteiger charge is -2.36. The minimum Gasteiger partial charge on any atom is -0.495 e. The number of nitrogens with zero attached hydrogens (tertiary/aromatic N) is 4. The van der Waals surface area contributed by atoms with Gasteiger partial charge in [0, 0.05) is 56.7 Å². The summed E-state index contributed by atoms with van der Waals surface area (Å²) in [5.74, 6) is 2.29. The summed E-state index contributed by atoms with van der Waals surface area (Å²) in [7, 11) is 1.69. The number of amides is 2. The maximum atomic E-state index is 12.9. The van der Waals surface area contributed by atoms with Crippen molar-refractivity contribution < 1.29 is 9.53 Å². The Labute approximate surface area is 189 Å². The zero-order valence-electron chi connectivity index (χ0n) is 19.0. The first-order valence-corrected chi connectivity index (χ1v) is 11.1. The highest BCUT2D eigenvalue weighted by Gasteiger charge is 2.23. The Hall–Kier alpha value is -3.48. The average Bonchev–Trinajstić information content (AvgIpc) is 3.28. The summed E-state index contributed by atoms with van der Waals surface area (Å²) in [6.07, 6.45) is 3.84. The number of aromatic nitrogens is 2. The molecule has 0 bridgehead atoms. The van der Waals surface area contributed by atoms with Gasteiger partial charge < -0.3 is 24.4 Å². The van der Waals surface area contributed by atoms with Crippen molar-refractivity contribution >= 4 is 17.4 Å². The van der Waals surface area contributed by atoms with Crippen LogP contribution in [0.5, 0.6) is 5.75 Å². The number of rotatable bonds is 6. The van der Waals surface area contributed by atoms with Crippen LogP contribution in [0.3, 0.4) is 0 Å². The highest BCUT2D eigenvalue weighted by Crippen LogP contribution is 2.28. The molecule has 2 heterocycles. The van der Waals surface area contributed by atoms with Gasteiger partial charge in [-0.15, -0.1) is 0 Å². The fraction of sp³-hybridized carbons (Fsp3) is 0.360. The minimum atomic E-state index is -0.0627. The highest BCUT2D eigenvalue weighted by molar-refractivity contribution is 5.89. The lowest BCUT2D eigenvalue weighted by Crippen LogP contribution is -2.50. The fourth-order valence-corrected chi connectivity index (χ4v) is 4.14. The molecule has 3 aromatic rings. The van der Waals surface area contributed by atoms with Crippen LogP contribution in [0.25, 0.3) is 0 Å². The molecule has 168 valence electrons. The van der Waals surface area contributed by atoms with Crippen molar-refractivity contribution in [3.05, 3.63) is 72.3 Å². The monoisotopic (exact) mass is 433 g/mol. The molecule has 1 aliphatic heterocycles. The Morgan fingerprint density at radius 2 is 1.88 bits per heavy atom. The second-order valence-electron chi connectivity index (χ2n) is 8.34. The van der Waals surface area contributed by atoms with E-state index in [1.165, 1.54) is 0 Å². The van der Waals surface area contributed by atoms with Crippen LogP contribution >= 0.6 is 0 Å². The Morgan fingerprint density at radius 1 is 1.09 bits per heavy atom. The fourth-order valence-electron chi connectivity index (χ4n) is 4.14. The van der Waals surface area contributed by atoms with E-state index in [1.807, 2.05) is 53.7 Å². The lowest BCUT2D eigenvalue weighted by atomic mass is 10.1. The number of methoxy groups -OCH3 is 1. The summed E-state index contributed by atoms with van der Waals surface area (Å²) in [4.78, 5) is 21.5. The molecule has 1 saturated heterocycles. The second kappa shape index (κ2) is 9.77. The van der Waals surface area contributed by atoms with Crippen molar-refractivity contribution in [2.75, 3.05) is 43.5 Å². The molecule has 32 heavy (non-hydrogen) atoms. The van der Waals surface area contributed by atoms with E-state index in [0.717, 1.165) is 48.1 Å². The summed E-state index contributed by atoms with van der Waals surface area (Å²) in [6, 6.07) is 16.0. The molecule has 2 aromatic carbocycles. The zero-order chi connectivity index (χ0) is 22.5. The molecule has 0 spiro atoms. The molecule has 0 aliphatic carbocycles. The van der Waals surface area contributed by atoms with Crippen LogP contribution in [-0.4, -0.2) is 53.8 Å². The molecule has 7 heteroatoms. The number of carbonyl (C=O) groups is 1. The topological polar surface area (TPSA) is 62.6 Å². The number of ether oxygens (including phenoxy) is 1. The number of hydrogen-bond donors (Lipinski definition) is 1. The molecule has 0 unspecified atom stereocenters. The number of benzene rings is 2. The van der Waals surface area contributed by atoms with Crippen LogP contribution in [0, 0.1) is 0 Å². The highest BCUT2D eigenvalue weighted by atomic mass is 16.5. The van der Waals surface area contributed by atoms with Gasteiger partial charge in [-0.2, -0.15) is 0 Å². The lowest BCUT2D eigenvalue weighted by molar-refractivity contribution is 0.208. The standard InChI is InChI=1S/C25H31N5O2/c1-19(2)24-26-11-12-30(24)18-20-7-6-8-21(17-20)27-25(31)29-15-13-28(14-16-29)22-9-4-5-10-23(22)32-3/h4-12,17,19H,13-16,18H2,1-3H3,(H,27,31). The van der Waals surface area contributed by atoms with E-state index in [1.54, 1.807) is 7.11 Å². The van der Waals surface area contributed by atoms with Gasteiger partial charge in [-0.1, -0.05) is 38.1 Å². The predicted molar refractivity (Wildman–Crippen MR) is 128 cm³/mol. The van der Waals surface area contributed by atoms with E-state index in [9.17, 15) is 4.79 Å². The van der Waals surface area contributed by atoms with Crippen LogP contribution in [-0.2, 0) is 6.54 Å². The third-order valence-corrected chi connectivity index (χ3v) is 5.79. The number of para-hydroxylation sites is 2. The molecule has 1 aromatic heterocycles. The van der Waals surface area contributed by atoms with E-state index >= 15 is 0 Å². The minimum absolute atomic E-state index is 0.0627. The van der Waals surface area contributed by atoms with E-state index in [-0.39, 0.29) is 6.03 Å². The number of nitrogens with one attached hydrogen (secondary N) is 1. The number of piperazine rings is 1. The van der Waals surface area contributed by atoms with Gasteiger partial charge >= 0.3 is 6.03 Å². The van der Waals surface area contributed by atoms with Crippen LogP contribution in [0.1, 0.15) is 31.2 Å². The first-order valence-electron chi connectivity index (χ1n) is 11.1. The van der Waals surface area contributed by atoms with Crippen molar-refractivity contribution in [2.45, 2.75) is 26.3 Å². The van der Waals surface area contributed by atoms with Gasteiger partial charge in [-0.3, -0.25) is 0 Å². The first-order chi connectivity index (χ1) is 15.5. The van der Waals surface area contributed by atoms with Crippen LogP contribution in [0.2, 0.25) is 0 Å². The Balaban J connectivity index is 1.35. The van der Waals surface area contributed by atoms with Gasteiger partial charge in [-0.05, 0) is 29.8 Å². The maximum Gasteiger partial charge on any atom is 0.321 e. The largest absolute Gasteiger partial charge is 0.495 e. The van der Waals surface area contributed by atoms with Crippen molar-refractivity contribution in [1.29, 1.82) is 0 Å². The molecular weight excluding hydrogens is 402 g/mol. The van der Waals surface area contributed by atoms with E-state index in [4.69, 9.17) is 4.74 Å². The van der Waals surface area contributed by atoms with Crippen LogP contribution < -0.4 is 15.0 Å². The molecule has 7 nitrogen and oxygen atoms in total. The van der Waals surface area contributed by atoms with E-state index < -0.39 is 0 Å². The summed E-state index contributed by atoms with van der Waals surface area (Å²) < 4.78 is 7.64. The predicted octanol–water partition coefficient (Wildman–Crippen LogP) is 4.42. The molecule has 0 radical (unpaired) electrons. The van der Waals surface area contributed by atoms with Crippen molar-refractivity contribution in [3.63, 3.8) is 0 Å². The summed E-state index contributed by atoms with van der Waals surface area (Å²) in [5, 5.41) is 3.07. The van der Waals surface area contributed by atoms with Gasteiger partial charge in [-0.25, -0.2) is 9.78 Å². The van der Waals surface area contributed by atoms with Crippen LogP contribution in [0.15, 0.2) is 60.9 Å². The van der Waals surface area contributed by atoms with Gasteiger partial charge in [0.05, 0.1) is 12.8 Å². The number of hydrogen-bond acceptors (Lipinski definition) is 4. The molecule has 1 N–H and O–H groups in total. The summed E-state index contributed by atoms with van der Waals surface area (Å²) in [6.45, 7) is 7.88. The SMILES string of the molecule is COc1ccccc1N1CCN(C(=O)Nc2cccc(Cn3ccnc3C(C)C)c2)CC1. The normalized spacial score (nSPS) is 14.0. The average molecular weight is 434 g/mol. The van der Waals surface area contributed by atoms with Crippen molar-refractivity contribution in [1.82, 2.24) is 14.5 Å². The molecule has 0 atom stereocenters. The molecule has 2 amide bonds. The Morgan fingerprint density at radius 3 is 2.62 bits per heavy atom.